The van der Waals surface area contributed by atoms with E-state index in [1.807, 2.05) is 0 Å². The van der Waals surface area contributed by atoms with Gasteiger partial charge in [0, 0.05) is 0 Å². The first-order valence-corrected chi connectivity index (χ1v) is 4.81. The lowest BCUT2D eigenvalue weighted by Gasteiger charge is -2.21. The first-order chi connectivity index (χ1) is 7.20. The van der Waals surface area contributed by atoms with Gasteiger partial charge >= 0.3 is 12.2 Å². The largest absolute Gasteiger partial charge is 0.464 e. The van der Waals surface area contributed by atoms with Gasteiger partial charge in [-0.3, -0.25) is 4.84 Å². The van der Waals surface area contributed by atoms with E-state index >= 15 is 0 Å². The second-order valence-electron chi connectivity index (χ2n) is 4.27. The molecule has 0 aliphatic rings. The molecule has 0 aliphatic carbocycles. The van der Waals surface area contributed by atoms with Crippen LogP contribution in [0.3, 0.4) is 0 Å². The molecule has 0 rings (SSSR count). The fraction of sp³-hybridized carbons (Fsp3) is 0.778. The normalized spacial score (nSPS) is 12.8. The average molecular weight is 234 g/mol. The topological polar surface area (TPSA) is 96.9 Å². The molecule has 0 bridgehead atoms. The van der Waals surface area contributed by atoms with Gasteiger partial charge in [0.1, 0.15) is 5.60 Å². The third-order valence-corrected chi connectivity index (χ3v) is 1.26. The summed E-state index contributed by atoms with van der Waals surface area (Å²) in [5, 5.41) is 10.7. The molecule has 1 unspecified atom stereocenters. The number of ether oxygens (including phenoxy) is 1. The van der Waals surface area contributed by atoms with Crippen LogP contribution in [0.15, 0.2) is 0 Å². The quantitative estimate of drug-likeness (QED) is 0.633. The molecule has 7 nitrogen and oxygen atoms in total. The third kappa shape index (κ3) is 9.07. The van der Waals surface area contributed by atoms with Crippen molar-refractivity contribution in [2.45, 2.75) is 39.3 Å². The highest BCUT2D eigenvalue weighted by molar-refractivity contribution is 5.68. The summed E-state index contributed by atoms with van der Waals surface area (Å²) in [6, 6.07) is -0.360. The Morgan fingerprint density at radius 1 is 1.38 bits per heavy atom. The highest BCUT2D eigenvalue weighted by Gasteiger charge is 2.17. The van der Waals surface area contributed by atoms with Crippen LogP contribution in [0.2, 0.25) is 0 Å². The molecule has 3 N–H and O–H groups in total. The number of hydrogen-bond acceptors (Lipinski definition) is 4. The lowest BCUT2D eigenvalue weighted by molar-refractivity contribution is 0.0236. The van der Waals surface area contributed by atoms with Gasteiger partial charge in [-0.2, -0.15) is 5.48 Å². The van der Waals surface area contributed by atoms with E-state index in [2.05, 4.69) is 10.2 Å². The molecular formula is C9H18N2O5. The molecule has 1 atom stereocenters. The third-order valence-electron chi connectivity index (χ3n) is 1.26. The molecule has 2 amide bonds. The molecule has 7 heteroatoms. The fourth-order valence-corrected chi connectivity index (χ4v) is 0.779. The highest BCUT2D eigenvalue weighted by atomic mass is 16.7. The summed E-state index contributed by atoms with van der Waals surface area (Å²) in [7, 11) is 0. The van der Waals surface area contributed by atoms with Crippen LogP contribution in [0.4, 0.5) is 9.59 Å². The number of amides is 2. The Morgan fingerprint density at radius 3 is 2.38 bits per heavy atom. The molecule has 0 saturated heterocycles. The van der Waals surface area contributed by atoms with E-state index < -0.39 is 17.8 Å². The summed E-state index contributed by atoms with van der Waals surface area (Å²) in [6.07, 6.45) is -1.86. The molecule has 0 aromatic carbocycles. The summed E-state index contributed by atoms with van der Waals surface area (Å²) in [4.78, 5) is 25.9. The molecule has 94 valence electrons. The smallest absolute Gasteiger partial charge is 0.428 e. The first kappa shape index (κ1) is 14.5. The molecule has 0 fully saturated rings. The Hall–Kier alpha value is -1.50. The molecular weight excluding hydrogens is 216 g/mol. The standard InChI is InChI=1S/C9H18N2O5/c1-6(5-15-11-7(12)13)10-8(14)16-9(2,3)4/h6,11H,5H2,1-4H3,(H,10,14)(H,12,13). The number of hydroxylamine groups is 1. The molecule has 16 heavy (non-hydrogen) atoms. The van der Waals surface area contributed by atoms with Crippen LogP contribution in [-0.4, -0.2) is 35.5 Å². The maximum atomic E-state index is 11.2. The highest BCUT2D eigenvalue weighted by Crippen LogP contribution is 2.06. The molecule has 0 aromatic rings. The summed E-state index contributed by atoms with van der Waals surface area (Å²) in [5.41, 5.74) is 1.16. The van der Waals surface area contributed by atoms with Crippen LogP contribution in [0.5, 0.6) is 0 Å². The summed E-state index contributed by atoms with van der Waals surface area (Å²) >= 11 is 0. The second kappa shape index (κ2) is 6.16. The van der Waals surface area contributed by atoms with Crippen molar-refractivity contribution < 1.29 is 24.3 Å². The molecule has 0 radical (unpaired) electrons. The van der Waals surface area contributed by atoms with E-state index in [-0.39, 0.29) is 12.6 Å². The number of hydrogen-bond donors (Lipinski definition) is 3. The summed E-state index contributed by atoms with van der Waals surface area (Å²) in [5.74, 6) is 0. The molecule has 0 aromatic heterocycles. The molecule has 0 saturated carbocycles. The lowest BCUT2D eigenvalue weighted by atomic mass is 10.2. The van der Waals surface area contributed by atoms with E-state index in [9.17, 15) is 9.59 Å². The zero-order chi connectivity index (χ0) is 12.8. The minimum absolute atomic E-state index is 0.0194. The van der Waals surface area contributed by atoms with Gasteiger partial charge in [-0.1, -0.05) is 0 Å². The van der Waals surface area contributed by atoms with E-state index in [0.29, 0.717) is 0 Å². The zero-order valence-electron chi connectivity index (χ0n) is 9.86. The number of carbonyl (C=O) groups excluding carboxylic acids is 1. The predicted molar refractivity (Wildman–Crippen MR) is 55.9 cm³/mol. The van der Waals surface area contributed by atoms with Crippen LogP contribution >= 0.6 is 0 Å². The Balaban J connectivity index is 3.74. The van der Waals surface area contributed by atoms with Crippen LogP contribution in [0.25, 0.3) is 0 Å². The monoisotopic (exact) mass is 234 g/mol. The number of carbonyl (C=O) groups is 2. The van der Waals surface area contributed by atoms with E-state index in [4.69, 9.17) is 9.84 Å². The van der Waals surface area contributed by atoms with Gasteiger partial charge in [0.2, 0.25) is 0 Å². The van der Waals surface area contributed by atoms with E-state index in [1.54, 1.807) is 33.2 Å². The number of rotatable bonds is 4. The van der Waals surface area contributed by atoms with Crippen molar-refractivity contribution in [3.05, 3.63) is 0 Å². The number of alkyl carbamates (subject to hydrolysis) is 1. The summed E-state index contributed by atoms with van der Waals surface area (Å²) in [6.45, 7) is 6.93. The van der Waals surface area contributed by atoms with Crippen molar-refractivity contribution >= 4 is 12.2 Å². The Morgan fingerprint density at radius 2 is 1.94 bits per heavy atom. The van der Waals surface area contributed by atoms with Crippen LogP contribution in [0.1, 0.15) is 27.7 Å². The van der Waals surface area contributed by atoms with Crippen molar-refractivity contribution in [3.8, 4) is 0 Å². The van der Waals surface area contributed by atoms with Gasteiger partial charge in [-0.25, -0.2) is 9.59 Å². The fourth-order valence-electron chi connectivity index (χ4n) is 0.779. The predicted octanol–water partition coefficient (Wildman–Crippen LogP) is 1.10. The zero-order valence-corrected chi connectivity index (χ0v) is 9.86. The van der Waals surface area contributed by atoms with E-state index in [0.717, 1.165) is 0 Å². The van der Waals surface area contributed by atoms with Crippen molar-refractivity contribution in [2.75, 3.05) is 6.61 Å². The first-order valence-electron chi connectivity index (χ1n) is 4.81. The van der Waals surface area contributed by atoms with Gasteiger partial charge in [-0.05, 0) is 27.7 Å². The second-order valence-corrected chi connectivity index (χ2v) is 4.27. The van der Waals surface area contributed by atoms with Crippen LogP contribution in [0, 0.1) is 0 Å². The Labute approximate surface area is 94.1 Å². The molecule has 0 heterocycles. The Bertz CT molecular complexity index is 249. The maximum Gasteiger partial charge on any atom is 0.428 e. The minimum Gasteiger partial charge on any atom is -0.464 e. The summed E-state index contributed by atoms with van der Waals surface area (Å²) < 4.78 is 4.99. The SMILES string of the molecule is CC(CONC(=O)O)NC(=O)OC(C)(C)C. The van der Waals surface area contributed by atoms with E-state index in [1.165, 1.54) is 0 Å². The van der Waals surface area contributed by atoms with Gasteiger partial charge < -0.3 is 15.2 Å². The Kier molecular flexibility index (Phi) is 5.59. The van der Waals surface area contributed by atoms with Gasteiger partial charge in [0.15, 0.2) is 0 Å². The van der Waals surface area contributed by atoms with Gasteiger partial charge in [0.25, 0.3) is 0 Å². The van der Waals surface area contributed by atoms with Gasteiger partial charge in [-0.15, -0.1) is 0 Å². The van der Waals surface area contributed by atoms with Gasteiger partial charge in [0.05, 0.1) is 12.6 Å². The number of nitrogens with one attached hydrogen (secondary N) is 2. The average Bonchev–Trinajstić information content (AvgIpc) is 1.98. The molecule has 0 aliphatic heterocycles. The maximum absolute atomic E-state index is 11.2. The van der Waals surface area contributed by atoms with Crippen LogP contribution < -0.4 is 10.8 Å². The minimum atomic E-state index is -1.29. The van der Waals surface area contributed by atoms with Crippen LogP contribution in [-0.2, 0) is 9.57 Å². The number of carboxylic acid groups (broad SMARTS) is 1. The lowest BCUT2D eigenvalue weighted by Crippen LogP contribution is -2.41. The van der Waals surface area contributed by atoms with Crippen molar-refractivity contribution in [1.82, 2.24) is 10.8 Å². The van der Waals surface area contributed by atoms with Crippen molar-refractivity contribution in [3.63, 3.8) is 0 Å². The van der Waals surface area contributed by atoms with Crippen molar-refractivity contribution in [2.24, 2.45) is 0 Å². The molecule has 0 spiro atoms. The van der Waals surface area contributed by atoms with Crippen molar-refractivity contribution in [1.29, 1.82) is 0 Å².